The van der Waals surface area contributed by atoms with Gasteiger partial charge in [0.25, 0.3) is 0 Å². The topological polar surface area (TPSA) is 24.5 Å². The van der Waals surface area contributed by atoms with E-state index in [1.165, 1.54) is 18.6 Å². The number of piperazine rings is 1. The summed E-state index contributed by atoms with van der Waals surface area (Å²) in [6.45, 7) is 6.27. The second-order valence-corrected chi connectivity index (χ2v) is 5.21. The number of rotatable bonds is 4. The Morgan fingerprint density at radius 3 is 2.95 bits per heavy atom. The second kappa shape index (κ2) is 6.24. The summed E-state index contributed by atoms with van der Waals surface area (Å²) in [5, 5.41) is 3.56. The Bertz CT molecular complexity index is 425. The average molecular weight is 266 g/mol. The molecular weight excluding hydrogens is 243 g/mol. The van der Waals surface area contributed by atoms with Crippen molar-refractivity contribution in [1.82, 2.24) is 5.32 Å². The first-order chi connectivity index (χ1) is 9.15. The molecule has 1 heterocycles. The molecule has 1 saturated heterocycles. The molecule has 1 aliphatic rings. The normalized spacial score (nSPS) is 23.5. The zero-order valence-corrected chi connectivity index (χ0v) is 11.9. The fraction of sp³-hybridized carbons (Fsp3) is 0.600. The van der Waals surface area contributed by atoms with Crippen molar-refractivity contribution in [3.05, 3.63) is 24.0 Å². The van der Waals surface area contributed by atoms with Crippen molar-refractivity contribution in [2.45, 2.75) is 38.8 Å². The summed E-state index contributed by atoms with van der Waals surface area (Å²) >= 11 is 0. The minimum Gasteiger partial charge on any atom is -0.494 e. The maximum atomic E-state index is 13.3. The maximum Gasteiger partial charge on any atom is 0.145 e. The molecule has 1 fully saturated rings. The van der Waals surface area contributed by atoms with Crippen LogP contribution in [0.25, 0.3) is 0 Å². The molecule has 106 valence electrons. The van der Waals surface area contributed by atoms with Crippen LogP contribution < -0.4 is 15.0 Å². The van der Waals surface area contributed by atoms with Crippen molar-refractivity contribution in [2.24, 2.45) is 0 Å². The van der Waals surface area contributed by atoms with Crippen molar-refractivity contribution in [1.29, 1.82) is 0 Å². The monoisotopic (exact) mass is 266 g/mol. The van der Waals surface area contributed by atoms with E-state index >= 15 is 0 Å². The Morgan fingerprint density at radius 2 is 2.26 bits per heavy atom. The van der Waals surface area contributed by atoms with Crippen LogP contribution in [0.1, 0.15) is 26.7 Å². The van der Waals surface area contributed by atoms with Crippen LogP contribution in [-0.2, 0) is 0 Å². The van der Waals surface area contributed by atoms with Crippen LogP contribution in [0.15, 0.2) is 18.2 Å². The van der Waals surface area contributed by atoms with E-state index in [9.17, 15) is 4.39 Å². The van der Waals surface area contributed by atoms with E-state index in [4.69, 9.17) is 4.74 Å². The average Bonchev–Trinajstić information content (AvgIpc) is 2.41. The van der Waals surface area contributed by atoms with Gasteiger partial charge in [-0.1, -0.05) is 13.3 Å². The molecule has 1 N–H and O–H groups in total. The number of anilines is 1. The maximum absolute atomic E-state index is 13.3. The Morgan fingerprint density at radius 1 is 1.47 bits per heavy atom. The molecule has 2 unspecified atom stereocenters. The zero-order valence-electron chi connectivity index (χ0n) is 11.9. The lowest BCUT2D eigenvalue weighted by atomic mass is 10.0. The van der Waals surface area contributed by atoms with Gasteiger partial charge < -0.3 is 15.0 Å². The first-order valence-electron chi connectivity index (χ1n) is 6.99. The van der Waals surface area contributed by atoms with E-state index in [2.05, 4.69) is 24.1 Å². The highest BCUT2D eigenvalue weighted by atomic mass is 19.1. The molecule has 0 aromatic heterocycles. The van der Waals surface area contributed by atoms with Gasteiger partial charge >= 0.3 is 0 Å². The predicted molar refractivity (Wildman–Crippen MR) is 76.5 cm³/mol. The molecule has 0 amide bonds. The molecule has 19 heavy (non-hydrogen) atoms. The highest BCUT2D eigenvalue weighted by molar-refractivity contribution is 5.59. The van der Waals surface area contributed by atoms with E-state index < -0.39 is 0 Å². The molecule has 0 saturated carbocycles. The number of hydrogen-bond acceptors (Lipinski definition) is 3. The third-order valence-electron chi connectivity index (χ3n) is 3.74. The molecule has 0 radical (unpaired) electrons. The molecule has 1 aliphatic heterocycles. The summed E-state index contributed by atoms with van der Waals surface area (Å²) in [4.78, 5) is 2.31. The Balaban J connectivity index is 2.23. The predicted octanol–water partition coefficient (Wildman–Crippen LogP) is 2.80. The van der Waals surface area contributed by atoms with Gasteiger partial charge in [-0.15, -0.1) is 0 Å². The smallest absolute Gasteiger partial charge is 0.145 e. The highest BCUT2D eigenvalue weighted by Crippen LogP contribution is 2.31. The lowest BCUT2D eigenvalue weighted by Crippen LogP contribution is -2.55. The zero-order chi connectivity index (χ0) is 13.8. The number of hydrogen-bond donors (Lipinski definition) is 1. The van der Waals surface area contributed by atoms with E-state index in [0.29, 0.717) is 17.8 Å². The quantitative estimate of drug-likeness (QED) is 0.907. The van der Waals surface area contributed by atoms with Crippen LogP contribution in [0.2, 0.25) is 0 Å². The number of benzene rings is 1. The van der Waals surface area contributed by atoms with Gasteiger partial charge in [0.15, 0.2) is 0 Å². The number of nitrogens with zero attached hydrogens (tertiary/aromatic N) is 1. The van der Waals surface area contributed by atoms with Crippen molar-refractivity contribution >= 4 is 5.69 Å². The van der Waals surface area contributed by atoms with Gasteiger partial charge in [-0.25, -0.2) is 4.39 Å². The number of halogens is 1. The summed E-state index contributed by atoms with van der Waals surface area (Å²) in [5.74, 6) is 0.359. The van der Waals surface area contributed by atoms with Crippen LogP contribution >= 0.6 is 0 Å². The van der Waals surface area contributed by atoms with Crippen molar-refractivity contribution in [3.8, 4) is 5.75 Å². The van der Waals surface area contributed by atoms with Crippen LogP contribution in [0.5, 0.6) is 5.75 Å². The minimum atomic E-state index is -0.256. The van der Waals surface area contributed by atoms with Gasteiger partial charge in [0.1, 0.15) is 11.6 Å². The molecule has 2 rings (SSSR count). The second-order valence-electron chi connectivity index (χ2n) is 5.21. The fourth-order valence-corrected chi connectivity index (χ4v) is 2.70. The first-order valence-corrected chi connectivity index (χ1v) is 6.99. The minimum absolute atomic E-state index is 0.256. The first kappa shape index (κ1) is 14.1. The number of nitrogens with one attached hydrogen (secondary N) is 1. The molecule has 0 spiro atoms. The third kappa shape index (κ3) is 3.18. The van der Waals surface area contributed by atoms with Crippen LogP contribution in [-0.4, -0.2) is 32.3 Å². The largest absolute Gasteiger partial charge is 0.494 e. The van der Waals surface area contributed by atoms with Gasteiger partial charge in [0, 0.05) is 31.2 Å². The van der Waals surface area contributed by atoms with Crippen LogP contribution in [0, 0.1) is 5.82 Å². The fourth-order valence-electron chi connectivity index (χ4n) is 2.70. The summed E-state index contributed by atoms with van der Waals surface area (Å²) in [7, 11) is 1.59. The van der Waals surface area contributed by atoms with E-state index in [-0.39, 0.29) is 5.82 Å². The molecule has 3 nitrogen and oxygen atoms in total. The number of ether oxygens (including phenoxy) is 1. The number of methoxy groups -OCH3 is 1. The van der Waals surface area contributed by atoms with Crippen LogP contribution in [0.3, 0.4) is 0 Å². The Hall–Kier alpha value is -1.29. The molecule has 1 aromatic carbocycles. The molecule has 0 bridgehead atoms. The molecule has 1 aromatic rings. The molecule has 4 heteroatoms. The van der Waals surface area contributed by atoms with Gasteiger partial charge in [-0.05, 0) is 25.5 Å². The molecule has 0 aliphatic carbocycles. The summed E-state index contributed by atoms with van der Waals surface area (Å²) in [6, 6.07) is 5.66. The standard InChI is InChI=1S/C15H23FN2O/c1-4-5-13-10-18(11(2)9-17-13)14-7-6-12(16)8-15(14)19-3/h6-8,11,13,17H,4-5,9-10H2,1-3H3. The lowest BCUT2D eigenvalue weighted by Gasteiger charge is -2.41. The summed E-state index contributed by atoms with van der Waals surface area (Å²) in [5.41, 5.74) is 0.985. The van der Waals surface area contributed by atoms with Gasteiger partial charge in [-0.3, -0.25) is 0 Å². The third-order valence-corrected chi connectivity index (χ3v) is 3.74. The van der Waals surface area contributed by atoms with Crippen LogP contribution in [0.4, 0.5) is 10.1 Å². The SMILES string of the molecule is CCCC1CN(c2ccc(F)cc2OC)C(C)CN1. The summed E-state index contributed by atoms with van der Waals surface area (Å²) in [6.07, 6.45) is 2.33. The van der Waals surface area contributed by atoms with Crippen molar-refractivity contribution < 1.29 is 9.13 Å². The lowest BCUT2D eigenvalue weighted by molar-refractivity contribution is 0.374. The van der Waals surface area contributed by atoms with E-state index in [0.717, 1.165) is 25.2 Å². The molecular formula is C15H23FN2O. The van der Waals surface area contributed by atoms with Crippen molar-refractivity contribution in [3.63, 3.8) is 0 Å². The summed E-state index contributed by atoms with van der Waals surface area (Å²) < 4.78 is 18.6. The Labute approximate surface area is 114 Å². The van der Waals surface area contributed by atoms with Gasteiger partial charge in [0.2, 0.25) is 0 Å². The van der Waals surface area contributed by atoms with E-state index in [1.807, 2.05) is 6.07 Å². The van der Waals surface area contributed by atoms with Gasteiger partial charge in [0.05, 0.1) is 12.8 Å². The van der Waals surface area contributed by atoms with Gasteiger partial charge in [-0.2, -0.15) is 0 Å². The van der Waals surface area contributed by atoms with Crippen molar-refractivity contribution in [2.75, 3.05) is 25.1 Å². The molecule has 2 atom stereocenters. The van der Waals surface area contributed by atoms with E-state index in [1.54, 1.807) is 7.11 Å². The highest BCUT2D eigenvalue weighted by Gasteiger charge is 2.26. The Kier molecular flexibility index (Phi) is 4.64.